The fraction of sp³-hybridized carbons (Fsp3) is 0.952. The lowest BCUT2D eigenvalue weighted by Gasteiger charge is -2.41. The maximum absolute atomic E-state index is 6.25. The largest absolute Gasteiger partial charge is 0.512 e. The molecule has 0 spiro atoms. The number of unbranched alkanes of at least 4 members (excludes halogenated alkanes) is 9. The summed E-state index contributed by atoms with van der Waals surface area (Å²) in [6, 6.07) is 0. The second-order valence-corrected chi connectivity index (χ2v) is 7.48. The average Bonchev–Trinajstić information content (AvgIpc) is 2.59. The third-order valence-corrected chi connectivity index (χ3v) is 5.45. The minimum absolute atomic E-state index is 1.37. The molecule has 0 aromatic rings. The van der Waals surface area contributed by atoms with Gasteiger partial charge in [-0.05, 0) is 38.5 Å². The van der Waals surface area contributed by atoms with Gasteiger partial charge in [-0.1, -0.05) is 65.2 Å². The molecule has 1 fully saturated rings. The molecule has 0 aromatic heterocycles. The molecule has 0 bridgehead atoms. The number of quaternary nitrogens is 1. The zero-order valence-electron chi connectivity index (χ0n) is 16.1. The predicted octanol–water partition coefficient (Wildman–Crippen LogP) is 6.41. The summed E-state index contributed by atoms with van der Waals surface area (Å²) in [5.74, 6) is 0. The van der Waals surface area contributed by atoms with E-state index < -0.39 is 0 Å². The Balaban J connectivity index is 0.00000232. The highest BCUT2D eigenvalue weighted by molar-refractivity contribution is 4.55. The van der Waals surface area contributed by atoms with Crippen LogP contribution >= 0.6 is 0 Å². The van der Waals surface area contributed by atoms with Crippen molar-refractivity contribution in [2.75, 3.05) is 26.2 Å². The van der Waals surface area contributed by atoms with Crippen LogP contribution in [-0.4, -0.2) is 30.7 Å². The second kappa shape index (κ2) is 16.3. The van der Waals surface area contributed by atoms with E-state index >= 15 is 0 Å². The van der Waals surface area contributed by atoms with Gasteiger partial charge < -0.3 is 16.3 Å². The molecule has 2 heteroatoms. The van der Waals surface area contributed by atoms with Crippen molar-refractivity contribution in [2.45, 2.75) is 104 Å². The summed E-state index contributed by atoms with van der Waals surface area (Å²) in [4.78, 5) is 0. The Hall–Kier alpha value is -0.550. The Kier molecular flexibility index (Phi) is 15.9. The van der Waals surface area contributed by atoms with E-state index in [-0.39, 0.29) is 0 Å². The van der Waals surface area contributed by atoms with E-state index in [0.717, 1.165) is 0 Å². The third kappa shape index (κ3) is 11.6. The molecular weight excluding hydrogens is 280 g/mol. The molecule has 1 heterocycles. The molecule has 23 heavy (non-hydrogen) atoms. The van der Waals surface area contributed by atoms with Gasteiger partial charge in [-0.15, -0.1) is 0 Å². The molecule has 0 radical (unpaired) electrons. The number of hydrogen-bond acceptors (Lipinski definition) is 1. The summed E-state index contributed by atoms with van der Waals surface area (Å²) >= 11 is 0. The van der Waals surface area contributed by atoms with Crippen molar-refractivity contribution in [1.82, 2.24) is 0 Å². The quantitative estimate of drug-likeness (QED) is 0.218. The Labute approximate surface area is 146 Å². The lowest BCUT2D eigenvalue weighted by Crippen LogP contribution is -2.52. The molecule has 0 amide bonds. The summed E-state index contributed by atoms with van der Waals surface area (Å²) in [7, 11) is 0. The van der Waals surface area contributed by atoms with Crippen LogP contribution in [0.4, 0.5) is 0 Å². The Bertz CT molecular complexity index is 248. The number of hydrogen-bond donors (Lipinski definition) is 0. The monoisotopic (exact) mass is 322 g/mol. The van der Waals surface area contributed by atoms with E-state index in [4.69, 9.17) is 11.8 Å². The van der Waals surface area contributed by atoms with Crippen LogP contribution in [0.1, 0.15) is 104 Å². The highest BCUT2D eigenvalue weighted by atomic mass is 15.3. The van der Waals surface area contributed by atoms with Crippen LogP contribution in [0, 0.1) is 11.8 Å². The molecule has 1 saturated heterocycles. The van der Waals surface area contributed by atoms with E-state index in [0.29, 0.717) is 0 Å². The average molecular weight is 323 g/mol. The van der Waals surface area contributed by atoms with Gasteiger partial charge in [0.05, 0.1) is 26.2 Å². The van der Waals surface area contributed by atoms with E-state index in [2.05, 4.69) is 13.8 Å². The smallest absolute Gasteiger partial charge is 0.0786 e. The first kappa shape index (κ1) is 22.4. The van der Waals surface area contributed by atoms with Gasteiger partial charge in [0.15, 0.2) is 0 Å². The number of piperidine rings is 1. The normalized spacial score (nSPS) is 16.5. The molecule has 136 valence electrons. The van der Waals surface area contributed by atoms with Crippen molar-refractivity contribution in [3.05, 3.63) is 6.57 Å². The summed E-state index contributed by atoms with van der Waals surface area (Å²) < 4.78 is 1.47. The molecule has 0 N–H and O–H groups in total. The van der Waals surface area contributed by atoms with Gasteiger partial charge in [0.1, 0.15) is 0 Å². The molecule has 0 aromatic carbocycles. The number of nitrogens with zero attached hydrogens (tertiary/aromatic N) is 2. The molecule has 0 atom stereocenters. The first-order chi connectivity index (χ1) is 11.3. The first-order valence-corrected chi connectivity index (χ1v) is 10.4. The summed E-state index contributed by atoms with van der Waals surface area (Å²) in [6.07, 6.45) is 20.5. The van der Waals surface area contributed by atoms with Crippen molar-refractivity contribution in [3.8, 4) is 0 Å². The van der Waals surface area contributed by atoms with Crippen molar-refractivity contribution in [1.29, 1.82) is 5.26 Å². The van der Waals surface area contributed by atoms with Crippen LogP contribution in [0.25, 0.3) is 0 Å². The van der Waals surface area contributed by atoms with Crippen LogP contribution in [0.2, 0.25) is 0 Å². The Morgan fingerprint density at radius 2 is 1.09 bits per heavy atom. The fourth-order valence-electron chi connectivity index (χ4n) is 4.15. The van der Waals surface area contributed by atoms with Gasteiger partial charge in [-0.2, -0.15) is 0 Å². The van der Waals surface area contributed by atoms with E-state index in [9.17, 15) is 0 Å². The molecule has 0 unspecified atom stereocenters. The van der Waals surface area contributed by atoms with Crippen LogP contribution in [0.3, 0.4) is 0 Å². The molecule has 1 rings (SSSR count). The second-order valence-electron chi connectivity index (χ2n) is 7.48. The zero-order chi connectivity index (χ0) is 17.2. The van der Waals surface area contributed by atoms with Crippen molar-refractivity contribution in [2.24, 2.45) is 0 Å². The first-order valence-electron chi connectivity index (χ1n) is 10.4. The van der Waals surface area contributed by atoms with Crippen LogP contribution in [0.5, 0.6) is 0 Å². The van der Waals surface area contributed by atoms with E-state index in [1.54, 1.807) is 0 Å². The lowest BCUT2D eigenvalue weighted by atomic mass is 10.0. The summed E-state index contributed by atoms with van der Waals surface area (Å²) in [6.45, 7) is 15.3. The lowest BCUT2D eigenvalue weighted by molar-refractivity contribution is -0.932. The predicted molar refractivity (Wildman–Crippen MR) is 101 cm³/mol. The SMILES string of the molecule is CCCCCCCCCCCC[N+]1(CCC)CCCCC1.[C-]#N. The Morgan fingerprint density at radius 1 is 0.609 bits per heavy atom. The van der Waals surface area contributed by atoms with Crippen LogP contribution < -0.4 is 0 Å². The topological polar surface area (TPSA) is 23.8 Å². The minimum atomic E-state index is 1.37. The highest BCUT2D eigenvalue weighted by Crippen LogP contribution is 2.21. The van der Waals surface area contributed by atoms with Crippen LogP contribution in [0.15, 0.2) is 0 Å². The van der Waals surface area contributed by atoms with Crippen molar-refractivity contribution >= 4 is 0 Å². The van der Waals surface area contributed by atoms with Crippen molar-refractivity contribution in [3.63, 3.8) is 0 Å². The molecule has 1 aliphatic heterocycles. The number of likely N-dealkylation sites (tertiary alicyclic amines) is 1. The van der Waals surface area contributed by atoms with Gasteiger partial charge in [0.25, 0.3) is 0 Å². The highest BCUT2D eigenvalue weighted by Gasteiger charge is 2.27. The maximum Gasteiger partial charge on any atom is 0.0786 e. The Morgan fingerprint density at radius 3 is 1.57 bits per heavy atom. The summed E-state index contributed by atoms with van der Waals surface area (Å²) in [5.41, 5.74) is 0. The third-order valence-electron chi connectivity index (χ3n) is 5.45. The number of rotatable bonds is 13. The molecular formula is C21H42N2. The van der Waals surface area contributed by atoms with E-state index in [1.807, 2.05) is 0 Å². The fourth-order valence-corrected chi connectivity index (χ4v) is 4.15. The van der Waals surface area contributed by atoms with E-state index in [1.165, 1.54) is 121 Å². The zero-order valence-corrected chi connectivity index (χ0v) is 16.1. The maximum atomic E-state index is 6.25. The molecule has 0 aliphatic carbocycles. The van der Waals surface area contributed by atoms with Gasteiger partial charge in [0.2, 0.25) is 0 Å². The van der Waals surface area contributed by atoms with Gasteiger partial charge in [-0.25, -0.2) is 0 Å². The van der Waals surface area contributed by atoms with Gasteiger partial charge in [0, 0.05) is 0 Å². The molecule has 2 nitrogen and oxygen atoms in total. The molecule has 0 saturated carbocycles. The minimum Gasteiger partial charge on any atom is -0.512 e. The van der Waals surface area contributed by atoms with Crippen LogP contribution in [-0.2, 0) is 0 Å². The van der Waals surface area contributed by atoms with Gasteiger partial charge in [-0.3, -0.25) is 0 Å². The van der Waals surface area contributed by atoms with Crippen molar-refractivity contribution < 1.29 is 4.48 Å². The molecule has 1 aliphatic rings. The standard InChI is InChI=1S/C20H42N.CN/c1-3-5-6-7-8-9-10-11-12-14-18-21(17-4-2)19-15-13-16-20-21;1-2/h3-20H2,1-2H3;/q+1;-1. The summed E-state index contributed by atoms with van der Waals surface area (Å²) in [5, 5.41) is 6.25. The van der Waals surface area contributed by atoms with Gasteiger partial charge >= 0.3 is 0 Å².